The second-order valence-corrected chi connectivity index (χ2v) is 1.88. The van der Waals surface area contributed by atoms with Crippen molar-refractivity contribution >= 4 is 5.69 Å². The molecule has 0 bridgehead atoms. The average molecular weight is 142 g/mol. The Hall–Kier alpha value is -1.12. The highest BCUT2D eigenvalue weighted by Crippen LogP contribution is 2.17. The Bertz CT molecular complexity index is 205. The first kappa shape index (κ1) is 6.99. The maximum absolute atomic E-state index is 11.8. The van der Waals surface area contributed by atoms with Crippen LogP contribution in [0.25, 0.3) is 0 Å². The first-order valence-electron chi connectivity index (χ1n) is 2.74. The number of rotatable bonds is 1. The fourth-order valence-corrected chi connectivity index (χ4v) is 0.609. The van der Waals surface area contributed by atoms with E-state index in [2.05, 4.69) is 0 Å². The lowest BCUT2D eigenvalue weighted by Gasteiger charge is -1.96. The minimum atomic E-state index is -1.68. The Morgan fingerprint density at radius 3 is 2.00 bits per heavy atom. The lowest BCUT2D eigenvalue weighted by atomic mass is 10.2. The van der Waals surface area contributed by atoms with Crippen molar-refractivity contribution in [3.8, 4) is 0 Å². The summed E-state index contributed by atoms with van der Waals surface area (Å²) in [5, 5.41) is 0. The van der Waals surface area contributed by atoms with Crippen molar-refractivity contribution in [2.75, 3.05) is 5.73 Å². The van der Waals surface area contributed by atoms with Crippen LogP contribution in [0.3, 0.4) is 0 Å². The van der Waals surface area contributed by atoms with Gasteiger partial charge in [-0.25, -0.2) is 0 Å². The SMILES string of the molecule is Nc1ccc([C](F)F)cc1. The molecule has 0 saturated heterocycles. The van der Waals surface area contributed by atoms with Gasteiger partial charge in [0.05, 0.1) is 0 Å². The molecule has 0 aliphatic heterocycles. The summed E-state index contributed by atoms with van der Waals surface area (Å²) in [4.78, 5) is 0. The minimum absolute atomic E-state index is 0.0748. The summed E-state index contributed by atoms with van der Waals surface area (Å²) in [6, 6.07) is 5.44. The Balaban J connectivity index is 2.89. The Kier molecular flexibility index (Phi) is 1.85. The molecular weight excluding hydrogens is 136 g/mol. The molecule has 2 N–H and O–H groups in total. The Morgan fingerprint density at radius 2 is 1.60 bits per heavy atom. The van der Waals surface area contributed by atoms with Crippen molar-refractivity contribution in [3.05, 3.63) is 36.3 Å². The van der Waals surface area contributed by atoms with Gasteiger partial charge in [-0.2, -0.15) is 8.78 Å². The van der Waals surface area contributed by atoms with Crippen molar-refractivity contribution < 1.29 is 8.78 Å². The Labute approximate surface area is 57.5 Å². The van der Waals surface area contributed by atoms with Crippen LogP contribution in [0.1, 0.15) is 5.56 Å². The van der Waals surface area contributed by atoms with E-state index in [1.807, 2.05) is 0 Å². The van der Waals surface area contributed by atoms with Crippen molar-refractivity contribution in [2.45, 2.75) is 0 Å². The maximum atomic E-state index is 11.8. The van der Waals surface area contributed by atoms with Crippen molar-refractivity contribution in [1.82, 2.24) is 0 Å². The van der Waals surface area contributed by atoms with Gasteiger partial charge >= 0.3 is 6.43 Å². The highest BCUT2D eigenvalue weighted by Gasteiger charge is 2.07. The second kappa shape index (κ2) is 2.64. The van der Waals surface area contributed by atoms with Crippen molar-refractivity contribution in [3.63, 3.8) is 0 Å². The summed E-state index contributed by atoms with van der Waals surface area (Å²) < 4.78 is 23.5. The van der Waals surface area contributed by atoms with Crippen LogP contribution in [0.2, 0.25) is 0 Å². The molecule has 0 saturated carbocycles. The topological polar surface area (TPSA) is 26.0 Å². The third-order valence-electron chi connectivity index (χ3n) is 1.13. The fraction of sp³-hybridized carbons (Fsp3) is 0. The third-order valence-corrected chi connectivity index (χ3v) is 1.13. The number of benzene rings is 1. The van der Waals surface area contributed by atoms with Crippen LogP contribution in [-0.2, 0) is 0 Å². The summed E-state index contributed by atoms with van der Waals surface area (Å²) in [6.45, 7) is 0. The first-order valence-corrected chi connectivity index (χ1v) is 2.74. The number of nitrogen functional groups attached to an aromatic ring is 1. The highest BCUT2D eigenvalue weighted by atomic mass is 19.3. The van der Waals surface area contributed by atoms with Crippen LogP contribution in [0, 0.1) is 6.43 Å². The molecule has 1 radical (unpaired) electrons. The highest BCUT2D eigenvalue weighted by molar-refractivity contribution is 5.41. The number of hydrogen-bond acceptors (Lipinski definition) is 1. The standard InChI is InChI=1S/C7H6F2N/c8-7(9)5-1-3-6(10)4-2-5/h1-4H,10H2. The van der Waals surface area contributed by atoms with E-state index in [-0.39, 0.29) is 5.56 Å². The molecule has 1 rings (SSSR count). The zero-order valence-corrected chi connectivity index (χ0v) is 5.14. The van der Waals surface area contributed by atoms with Crippen LogP contribution in [0.15, 0.2) is 24.3 Å². The zero-order chi connectivity index (χ0) is 7.56. The van der Waals surface area contributed by atoms with Crippen molar-refractivity contribution in [2.24, 2.45) is 0 Å². The summed E-state index contributed by atoms with van der Waals surface area (Å²) in [5.74, 6) is 0. The van der Waals surface area contributed by atoms with Gasteiger partial charge in [-0.1, -0.05) is 12.1 Å². The predicted octanol–water partition coefficient (Wildman–Crippen LogP) is 2.05. The van der Waals surface area contributed by atoms with Crippen LogP contribution in [0.4, 0.5) is 14.5 Å². The van der Waals surface area contributed by atoms with Gasteiger partial charge in [0.1, 0.15) is 0 Å². The van der Waals surface area contributed by atoms with Crippen LogP contribution in [-0.4, -0.2) is 0 Å². The molecule has 0 aliphatic carbocycles. The summed E-state index contributed by atoms with van der Waals surface area (Å²) in [7, 11) is 0. The monoisotopic (exact) mass is 142 g/mol. The van der Waals surface area contributed by atoms with Gasteiger partial charge < -0.3 is 5.73 Å². The molecule has 0 unspecified atom stereocenters. The second-order valence-electron chi connectivity index (χ2n) is 1.88. The molecule has 0 fully saturated rings. The molecule has 0 amide bonds. The average Bonchev–Trinajstić information content (AvgIpc) is 1.88. The normalized spacial score (nSPS) is 10.3. The third kappa shape index (κ3) is 1.43. The maximum Gasteiger partial charge on any atom is 0.339 e. The minimum Gasteiger partial charge on any atom is -0.399 e. The molecule has 0 spiro atoms. The molecule has 0 heterocycles. The van der Waals surface area contributed by atoms with E-state index in [0.29, 0.717) is 5.69 Å². The lowest BCUT2D eigenvalue weighted by Crippen LogP contribution is -1.87. The number of nitrogens with two attached hydrogens (primary N) is 1. The van der Waals surface area contributed by atoms with E-state index < -0.39 is 6.43 Å². The zero-order valence-electron chi connectivity index (χ0n) is 5.14. The lowest BCUT2D eigenvalue weighted by molar-refractivity contribution is 0.325. The van der Waals surface area contributed by atoms with Gasteiger partial charge in [-0.3, -0.25) is 0 Å². The van der Waals surface area contributed by atoms with Crippen LogP contribution >= 0.6 is 0 Å². The summed E-state index contributed by atoms with van der Waals surface area (Å²) in [5.41, 5.74) is 5.69. The molecule has 0 aromatic heterocycles. The summed E-state index contributed by atoms with van der Waals surface area (Å²) in [6.07, 6.45) is -1.68. The molecule has 0 atom stereocenters. The quantitative estimate of drug-likeness (QED) is 0.596. The first-order chi connectivity index (χ1) is 4.70. The van der Waals surface area contributed by atoms with E-state index in [0.717, 1.165) is 0 Å². The van der Waals surface area contributed by atoms with E-state index in [9.17, 15) is 8.78 Å². The molecule has 1 aromatic carbocycles. The predicted molar refractivity (Wildman–Crippen MR) is 35.4 cm³/mol. The van der Waals surface area contributed by atoms with Crippen LogP contribution < -0.4 is 5.73 Å². The smallest absolute Gasteiger partial charge is 0.339 e. The fourth-order valence-electron chi connectivity index (χ4n) is 0.609. The Morgan fingerprint density at radius 1 is 1.10 bits per heavy atom. The van der Waals surface area contributed by atoms with Gasteiger partial charge in [0.25, 0.3) is 0 Å². The van der Waals surface area contributed by atoms with Gasteiger partial charge in [-0.15, -0.1) is 0 Å². The van der Waals surface area contributed by atoms with E-state index in [1.54, 1.807) is 0 Å². The van der Waals surface area contributed by atoms with E-state index >= 15 is 0 Å². The summed E-state index contributed by atoms with van der Waals surface area (Å²) >= 11 is 0. The molecule has 0 aliphatic rings. The molecule has 3 heteroatoms. The largest absolute Gasteiger partial charge is 0.399 e. The van der Waals surface area contributed by atoms with Crippen molar-refractivity contribution in [1.29, 1.82) is 0 Å². The van der Waals surface area contributed by atoms with E-state index in [1.165, 1.54) is 24.3 Å². The molecular formula is C7H6F2N. The number of anilines is 1. The van der Waals surface area contributed by atoms with Gasteiger partial charge in [-0.05, 0) is 12.1 Å². The number of halogens is 2. The molecule has 10 heavy (non-hydrogen) atoms. The van der Waals surface area contributed by atoms with Gasteiger partial charge in [0.15, 0.2) is 0 Å². The molecule has 53 valence electrons. The molecule has 1 aromatic rings. The van der Waals surface area contributed by atoms with Crippen LogP contribution in [0.5, 0.6) is 0 Å². The molecule has 1 nitrogen and oxygen atoms in total. The number of hydrogen-bond donors (Lipinski definition) is 1. The van der Waals surface area contributed by atoms with E-state index in [4.69, 9.17) is 5.73 Å². The van der Waals surface area contributed by atoms with Gasteiger partial charge in [0.2, 0.25) is 0 Å². The van der Waals surface area contributed by atoms with Gasteiger partial charge in [0, 0.05) is 11.3 Å².